The number of carbonyl (C=O) groups is 1. The fourth-order valence-corrected chi connectivity index (χ4v) is 2.78. The third-order valence-corrected chi connectivity index (χ3v) is 3.98. The van der Waals surface area contributed by atoms with Crippen molar-refractivity contribution in [3.63, 3.8) is 0 Å². The first-order valence-corrected chi connectivity index (χ1v) is 7.75. The van der Waals surface area contributed by atoms with Crippen molar-refractivity contribution < 1.29 is 9.53 Å². The number of nitrogens with one attached hydrogen (secondary N) is 2. The Morgan fingerprint density at radius 3 is 2.48 bits per heavy atom. The summed E-state index contributed by atoms with van der Waals surface area (Å²) in [7, 11) is 0. The van der Waals surface area contributed by atoms with Gasteiger partial charge in [-0.1, -0.05) is 29.3 Å². The van der Waals surface area contributed by atoms with Gasteiger partial charge in [0.25, 0.3) is 0 Å². The zero-order valence-corrected chi connectivity index (χ0v) is 13.2. The van der Waals surface area contributed by atoms with Crippen molar-refractivity contribution in [2.24, 2.45) is 5.92 Å². The maximum Gasteiger partial charge on any atom is 0.315 e. The highest BCUT2D eigenvalue weighted by Crippen LogP contribution is 2.17. The summed E-state index contributed by atoms with van der Waals surface area (Å²) in [6.07, 6.45) is 2.07. The Labute approximate surface area is 127 Å². The average Bonchev–Trinajstić information content (AvgIpc) is 2.45. The number of hydrogen-bond acceptors (Lipinski definition) is 2. The quantitative estimate of drug-likeness (QED) is 0.895. The van der Waals surface area contributed by atoms with Crippen LogP contribution in [0.3, 0.4) is 0 Å². The predicted molar refractivity (Wildman–Crippen MR) is 84.4 cm³/mol. The molecule has 0 spiro atoms. The number of benzene rings is 1. The molecule has 1 saturated heterocycles. The van der Waals surface area contributed by atoms with Gasteiger partial charge in [0.05, 0.1) is 6.04 Å². The minimum absolute atomic E-state index is 0.0123. The summed E-state index contributed by atoms with van der Waals surface area (Å²) >= 11 is 0. The molecule has 1 aromatic rings. The smallest absolute Gasteiger partial charge is 0.315 e. The van der Waals surface area contributed by atoms with Gasteiger partial charge in [-0.2, -0.15) is 0 Å². The Morgan fingerprint density at radius 2 is 1.86 bits per heavy atom. The molecule has 1 unspecified atom stereocenters. The Bertz CT molecular complexity index is 461. The molecule has 1 aliphatic heterocycles. The Hall–Kier alpha value is -1.55. The van der Waals surface area contributed by atoms with Crippen LogP contribution in [0.2, 0.25) is 0 Å². The van der Waals surface area contributed by atoms with Gasteiger partial charge in [0.15, 0.2) is 0 Å². The van der Waals surface area contributed by atoms with Crippen molar-refractivity contribution in [2.75, 3.05) is 19.8 Å². The van der Waals surface area contributed by atoms with Crippen LogP contribution in [-0.4, -0.2) is 25.8 Å². The summed E-state index contributed by atoms with van der Waals surface area (Å²) in [4.78, 5) is 12.0. The van der Waals surface area contributed by atoms with Crippen LogP contribution in [0, 0.1) is 19.8 Å². The van der Waals surface area contributed by atoms with Gasteiger partial charge in [-0.15, -0.1) is 0 Å². The third-order valence-electron chi connectivity index (χ3n) is 3.98. The molecule has 1 aromatic carbocycles. The van der Waals surface area contributed by atoms with Crippen LogP contribution in [0.5, 0.6) is 0 Å². The van der Waals surface area contributed by atoms with E-state index in [1.54, 1.807) is 0 Å². The van der Waals surface area contributed by atoms with Gasteiger partial charge < -0.3 is 15.4 Å². The number of aryl methyl sites for hydroxylation is 2. The van der Waals surface area contributed by atoms with Gasteiger partial charge in [-0.05, 0) is 45.1 Å². The molecule has 0 bridgehead atoms. The first-order valence-electron chi connectivity index (χ1n) is 7.75. The molecule has 2 amide bonds. The van der Waals surface area contributed by atoms with E-state index in [1.165, 1.54) is 11.1 Å². The van der Waals surface area contributed by atoms with Gasteiger partial charge in [-0.3, -0.25) is 0 Å². The first kappa shape index (κ1) is 15.8. The monoisotopic (exact) mass is 290 g/mol. The SMILES string of the molecule is Cc1cc(C)cc(C(C)NC(=O)NCC2CCOCC2)c1. The second kappa shape index (κ2) is 7.46. The highest BCUT2D eigenvalue weighted by molar-refractivity contribution is 5.74. The Balaban J connectivity index is 1.81. The summed E-state index contributed by atoms with van der Waals surface area (Å²) in [5, 5.41) is 5.99. The molecule has 0 saturated carbocycles. The van der Waals surface area contributed by atoms with E-state index < -0.39 is 0 Å². The van der Waals surface area contributed by atoms with Gasteiger partial charge in [0.2, 0.25) is 0 Å². The molecule has 4 heteroatoms. The Kier molecular flexibility index (Phi) is 5.62. The van der Waals surface area contributed by atoms with Crippen molar-refractivity contribution in [1.82, 2.24) is 10.6 Å². The van der Waals surface area contributed by atoms with E-state index in [-0.39, 0.29) is 12.1 Å². The molecule has 2 rings (SSSR count). The second-order valence-corrected chi connectivity index (χ2v) is 6.05. The van der Waals surface area contributed by atoms with Gasteiger partial charge >= 0.3 is 6.03 Å². The number of hydrogen-bond donors (Lipinski definition) is 2. The fraction of sp³-hybridized carbons (Fsp3) is 0.588. The molecule has 21 heavy (non-hydrogen) atoms. The largest absolute Gasteiger partial charge is 0.381 e. The lowest BCUT2D eigenvalue weighted by Gasteiger charge is -2.23. The van der Waals surface area contributed by atoms with E-state index >= 15 is 0 Å². The summed E-state index contributed by atoms with van der Waals surface area (Å²) in [5.74, 6) is 0.543. The summed E-state index contributed by atoms with van der Waals surface area (Å²) in [6, 6.07) is 6.31. The van der Waals surface area contributed by atoms with Crippen molar-refractivity contribution in [2.45, 2.75) is 39.7 Å². The molecule has 1 atom stereocenters. The average molecular weight is 290 g/mol. The molecule has 0 aliphatic carbocycles. The lowest BCUT2D eigenvalue weighted by atomic mass is 10.0. The molecule has 1 aliphatic rings. The van der Waals surface area contributed by atoms with Gasteiger partial charge in [0, 0.05) is 19.8 Å². The van der Waals surface area contributed by atoms with Crippen LogP contribution in [-0.2, 0) is 4.74 Å². The zero-order chi connectivity index (χ0) is 15.2. The van der Waals surface area contributed by atoms with E-state index in [0.29, 0.717) is 5.92 Å². The summed E-state index contributed by atoms with van der Waals surface area (Å²) in [5.41, 5.74) is 3.59. The van der Waals surface area contributed by atoms with E-state index in [4.69, 9.17) is 4.74 Å². The lowest BCUT2D eigenvalue weighted by Crippen LogP contribution is -2.40. The summed E-state index contributed by atoms with van der Waals surface area (Å²) in [6.45, 7) is 8.53. The van der Waals surface area contributed by atoms with E-state index in [0.717, 1.165) is 38.2 Å². The van der Waals surface area contributed by atoms with Crippen LogP contribution in [0.1, 0.15) is 42.5 Å². The molecular weight excluding hydrogens is 264 g/mol. The van der Waals surface area contributed by atoms with Crippen molar-refractivity contribution in [1.29, 1.82) is 0 Å². The van der Waals surface area contributed by atoms with Crippen LogP contribution >= 0.6 is 0 Å². The Morgan fingerprint density at radius 1 is 1.24 bits per heavy atom. The highest BCUT2D eigenvalue weighted by Gasteiger charge is 2.15. The van der Waals surface area contributed by atoms with Gasteiger partial charge in [-0.25, -0.2) is 4.79 Å². The topological polar surface area (TPSA) is 50.4 Å². The number of urea groups is 1. The second-order valence-electron chi connectivity index (χ2n) is 6.05. The highest BCUT2D eigenvalue weighted by atomic mass is 16.5. The van der Waals surface area contributed by atoms with Crippen LogP contribution in [0.4, 0.5) is 4.79 Å². The van der Waals surface area contributed by atoms with Crippen LogP contribution < -0.4 is 10.6 Å². The minimum atomic E-state index is -0.0897. The van der Waals surface area contributed by atoms with E-state index in [9.17, 15) is 4.79 Å². The molecule has 1 fully saturated rings. The van der Waals surface area contributed by atoms with Crippen molar-refractivity contribution >= 4 is 6.03 Å². The van der Waals surface area contributed by atoms with Crippen LogP contribution in [0.15, 0.2) is 18.2 Å². The normalized spacial score (nSPS) is 17.3. The molecule has 116 valence electrons. The molecule has 0 radical (unpaired) electrons. The predicted octanol–water partition coefficient (Wildman–Crippen LogP) is 3.09. The van der Waals surface area contributed by atoms with Crippen molar-refractivity contribution in [3.05, 3.63) is 34.9 Å². The standard InChI is InChI=1S/C17H26N2O2/c1-12-8-13(2)10-16(9-12)14(3)19-17(20)18-11-15-4-6-21-7-5-15/h8-10,14-15H,4-7,11H2,1-3H3,(H2,18,19,20). The fourth-order valence-electron chi connectivity index (χ4n) is 2.78. The molecule has 4 nitrogen and oxygen atoms in total. The van der Waals surface area contributed by atoms with Gasteiger partial charge in [0.1, 0.15) is 0 Å². The summed E-state index contributed by atoms with van der Waals surface area (Å²) < 4.78 is 5.32. The molecule has 2 N–H and O–H groups in total. The molecule has 0 aromatic heterocycles. The molecule has 1 heterocycles. The maximum absolute atomic E-state index is 12.0. The van der Waals surface area contributed by atoms with E-state index in [2.05, 4.69) is 42.7 Å². The van der Waals surface area contributed by atoms with Crippen molar-refractivity contribution in [3.8, 4) is 0 Å². The van der Waals surface area contributed by atoms with Crippen LogP contribution in [0.25, 0.3) is 0 Å². The number of rotatable bonds is 4. The minimum Gasteiger partial charge on any atom is -0.381 e. The number of carbonyl (C=O) groups excluding carboxylic acids is 1. The molecular formula is C17H26N2O2. The lowest BCUT2D eigenvalue weighted by molar-refractivity contribution is 0.0669. The third kappa shape index (κ3) is 5.05. The van der Waals surface area contributed by atoms with E-state index in [1.807, 2.05) is 6.92 Å². The maximum atomic E-state index is 12.0. The number of amides is 2. The number of ether oxygens (including phenoxy) is 1. The first-order chi connectivity index (χ1) is 10.0. The zero-order valence-electron chi connectivity index (χ0n) is 13.2.